The number of H-pyrrole nitrogens is 1. The second-order valence-corrected chi connectivity index (χ2v) is 8.49. The molecule has 1 aromatic carbocycles. The van der Waals surface area contributed by atoms with Gasteiger partial charge < -0.3 is 15.6 Å². The van der Waals surface area contributed by atoms with Gasteiger partial charge in [0.05, 0.1) is 5.69 Å². The van der Waals surface area contributed by atoms with Crippen LogP contribution in [0.15, 0.2) is 34.4 Å². The van der Waals surface area contributed by atoms with Crippen LogP contribution in [0.2, 0.25) is 0 Å². The number of aromatic nitrogens is 2. The van der Waals surface area contributed by atoms with Crippen LogP contribution < -0.4 is 16.2 Å². The number of hydrogen-bond donors (Lipinski definition) is 3. The Bertz CT molecular complexity index is 1270. The molecule has 0 bridgehead atoms. The van der Waals surface area contributed by atoms with Crippen LogP contribution in [0.1, 0.15) is 48.6 Å². The third-order valence-corrected chi connectivity index (χ3v) is 5.97. The van der Waals surface area contributed by atoms with Crippen LogP contribution in [0.5, 0.6) is 0 Å². The minimum atomic E-state index is -0.410. The van der Waals surface area contributed by atoms with Crippen molar-refractivity contribution in [2.75, 3.05) is 10.6 Å². The first-order valence-corrected chi connectivity index (χ1v) is 11.5. The van der Waals surface area contributed by atoms with Crippen molar-refractivity contribution in [1.29, 1.82) is 5.26 Å². The van der Waals surface area contributed by atoms with Crippen molar-refractivity contribution >= 4 is 34.0 Å². The Kier molecular flexibility index (Phi) is 7.74. The number of aromatic amines is 1. The average molecular weight is 464 g/mol. The normalized spacial score (nSPS) is 10.5. The number of carbonyl (C=O) groups is 2. The zero-order chi connectivity index (χ0) is 24.0. The van der Waals surface area contributed by atoms with Gasteiger partial charge in [-0.3, -0.25) is 14.4 Å². The fourth-order valence-corrected chi connectivity index (χ4v) is 4.22. The van der Waals surface area contributed by atoms with E-state index in [-0.39, 0.29) is 23.8 Å². The lowest BCUT2D eigenvalue weighted by molar-refractivity contribution is -0.117. The largest absolute Gasteiger partial charge is 0.326 e. The number of pyridine rings is 1. The average Bonchev–Trinajstić information content (AvgIpc) is 3.22. The van der Waals surface area contributed by atoms with Crippen molar-refractivity contribution in [1.82, 2.24) is 9.97 Å². The summed E-state index contributed by atoms with van der Waals surface area (Å²) in [6, 6.07) is 9.31. The highest BCUT2D eigenvalue weighted by molar-refractivity contribution is 7.14. The number of aryl methyl sites for hydroxylation is 1. The van der Waals surface area contributed by atoms with Gasteiger partial charge in [0.15, 0.2) is 5.13 Å². The Morgan fingerprint density at radius 1 is 1.12 bits per heavy atom. The van der Waals surface area contributed by atoms with E-state index in [1.165, 1.54) is 11.3 Å². The summed E-state index contributed by atoms with van der Waals surface area (Å²) in [5, 5.41) is 17.2. The van der Waals surface area contributed by atoms with Crippen LogP contribution in [0.3, 0.4) is 0 Å². The number of hydrogen-bond acceptors (Lipinski definition) is 6. The zero-order valence-electron chi connectivity index (χ0n) is 18.7. The molecule has 0 spiro atoms. The first-order valence-electron chi connectivity index (χ1n) is 10.6. The molecule has 8 nitrogen and oxygen atoms in total. The van der Waals surface area contributed by atoms with Gasteiger partial charge in [0, 0.05) is 35.2 Å². The van der Waals surface area contributed by atoms with E-state index in [4.69, 9.17) is 0 Å². The van der Waals surface area contributed by atoms with E-state index >= 15 is 0 Å². The van der Waals surface area contributed by atoms with E-state index in [0.717, 1.165) is 28.9 Å². The lowest BCUT2D eigenvalue weighted by atomic mass is 9.99. The molecule has 0 unspecified atom stereocenters. The van der Waals surface area contributed by atoms with Crippen molar-refractivity contribution < 1.29 is 9.59 Å². The maximum Gasteiger partial charge on any atom is 0.266 e. The van der Waals surface area contributed by atoms with E-state index in [1.807, 2.05) is 42.6 Å². The lowest BCUT2D eigenvalue weighted by Crippen LogP contribution is -2.18. The predicted octanol–water partition coefficient (Wildman–Crippen LogP) is 4.30. The molecule has 0 saturated carbocycles. The van der Waals surface area contributed by atoms with Gasteiger partial charge in [-0.15, -0.1) is 11.3 Å². The highest BCUT2D eigenvalue weighted by Crippen LogP contribution is 2.26. The molecule has 2 heterocycles. The van der Waals surface area contributed by atoms with E-state index in [0.29, 0.717) is 29.2 Å². The number of anilines is 2. The Morgan fingerprint density at radius 2 is 1.82 bits per heavy atom. The standard InChI is InChI=1S/C24H25N5O3S/c1-4-5-21(30)27-17-8-6-16(7-9-17)20-13-33-24(28-20)29-22(31)11-10-18-14(2)19(12-25)23(32)26-15(18)3/h6-9,13H,4-5,10-11H2,1-3H3,(H,26,32)(H,27,30)(H,28,29,31). The summed E-state index contributed by atoms with van der Waals surface area (Å²) in [5.74, 6) is -0.214. The topological polar surface area (TPSA) is 128 Å². The second-order valence-electron chi connectivity index (χ2n) is 7.63. The van der Waals surface area contributed by atoms with Crippen molar-refractivity contribution in [3.8, 4) is 17.3 Å². The molecule has 0 fully saturated rings. The van der Waals surface area contributed by atoms with Crippen molar-refractivity contribution in [3.05, 3.63) is 62.4 Å². The van der Waals surface area contributed by atoms with Crippen molar-refractivity contribution in [2.24, 2.45) is 0 Å². The molecule has 3 N–H and O–H groups in total. The first-order chi connectivity index (χ1) is 15.8. The SMILES string of the molecule is CCCC(=O)Nc1ccc(-c2csc(NC(=O)CCc3c(C)[nH]c(=O)c(C#N)c3C)n2)cc1. The number of nitrogens with one attached hydrogen (secondary N) is 3. The summed E-state index contributed by atoms with van der Waals surface area (Å²) in [5.41, 5.74) is 4.08. The van der Waals surface area contributed by atoms with Gasteiger partial charge in [0.25, 0.3) is 5.56 Å². The van der Waals surface area contributed by atoms with Gasteiger partial charge in [0.1, 0.15) is 11.6 Å². The monoisotopic (exact) mass is 463 g/mol. The second kappa shape index (κ2) is 10.7. The third-order valence-electron chi connectivity index (χ3n) is 5.21. The summed E-state index contributed by atoms with van der Waals surface area (Å²) < 4.78 is 0. The number of nitriles is 1. The van der Waals surface area contributed by atoms with Crippen LogP contribution >= 0.6 is 11.3 Å². The Hall–Kier alpha value is -3.77. The highest BCUT2D eigenvalue weighted by Gasteiger charge is 2.14. The summed E-state index contributed by atoms with van der Waals surface area (Å²) in [4.78, 5) is 43.2. The number of rotatable bonds is 8. The molecular weight excluding hydrogens is 438 g/mol. The quantitative estimate of drug-likeness (QED) is 0.459. The maximum atomic E-state index is 12.5. The lowest BCUT2D eigenvalue weighted by Gasteiger charge is -2.10. The Morgan fingerprint density at radius 3 is 2.48 bits per heavy atom. The number of nitrogens with zero attached hydrogens (tertiary/aromatic N) is 2. The highest BCUT2D eigenvalue weighted by atomic mass is 32.1. The molecule has 0 saturated heterocycles. The summed E-state index contributed by atoms with van der Waals surface area (Å²) in [7, 11) is 0. The number of amides is 2. The van der Waals surface area contributed by atoms with Gasteiger partial charge in [-0.05, 0) is 49.9 Å². The molecule has 2 aromatic heterocycles. The molecule has 0 aliphatic rings. The van der Waals surface area contributed by atoms with Gasteiger partial charge in [-0.25, -0.2) is 4.98 Å². The molecule has 0 atom stereocenters. The minimum absolute atomic E-state index is 0.0139. The third kappa shape index (κ3) is 5.93. The zero-order valence-corrected chi connectivity index (χ0v) is 19.6. The van der Waals surface area contributed by atoms with Crippen molar-refractivity contribution in [3.63, 3.8) is 0 Å². The van der Waals surface area contributed by atoms with E-state index in [2.05, 4.69) is 20.6 Å². The molecule has 3 aromatic rings. The first kappa shape index (κ1) is 23.9. The van der Waals surface area contributed by atoms with Gasteiger partial charge >= 0.3 is 0 Å². The fourth-order valence-electron chi connectivity index (χ4n) is 3.48. The summed E-state index contributed by atoms with van der Waals surface area (Å²) in [6.45, 7) is 5.44. The van der Waals surface area contributed by atoms with Gasteiger partial charge in [-0.2, -0.15) is 5.26 Å². The molecule has 170 valence electrons. The van der Waals surface area contributed by atoms with Crippen molar-refractivity contribution in [2.45, 2.75) is 46.5 Å². The Labute approximate surface area is 195 Å². The molecular formula is C24H25N5O3S. The maximum absolute atomic E-state index is 12.5. The number of thiazole rings is 1. The van der Waals surface area contributed by atoms with E-state index < -0.39 is 5.56 Å². The molecule has 0 aliphatic heterocycles. The van der Waals surface area contributed by atoms with E-state index in [9.17, 15) is 19.6 Å². The van der Waals surface area contributed by atoms with Crippen LogP contribution in [-0.2, 0) is 16.0 Å². The molecule has 0 radical (unpaired) electrons. The molecule has 0 aliphatic carbocycles. The molecule has 9 heteroatoms. The van der Waals surface area contributed by atoms with Gasteiger partial charge in [0.2, 0.25) is 11.8 Å². The fraction of sp³-hybridized carbons (Fsp3) is 0.292. The smallest absolute Gasteiger partial charge is 0.266 e. The molecule has 3 rings (SSSR count). The van der Waals surface area contributed by atoms with Gasteiger partial charge in [-0.1, -0.05) is 19.1 Å². The summed E-state index contributed by atoms with van der Waals surface area (Å²) >= 11 is 1.33. The summed E-state index contributed by atoms with van der Waals surface area (Å²) in [6.07, 6.45) is 1.87. The Balaban J connectivity index is 1.61. The van der Waals surface area contributed by atoms with E-state index in [1.54, 1.807) is 13.8 Å². The predicted molar refractivity (Wildman–Crippen MR) is 129 cm³/mol. The van der Waals surface area contributed by atoms with Crippen LogP contribution in [0.4, 0.5) is 10.8 Å². The van der Waals surface area contributed by atoms with Crippen LogP contribution in [0, 0.1) is 25.2 Å². The molecule has 33 heavy (non-hydrogen) atoms. The van der Waals surface area contributed by atoms with Crippen LogP contribution in [0.25, 0.3) is 11.3 Å². The molecule has 2 amide bonds. The van der Waals surface area contributed by atoms with Crippen LogP contribution in [-0.4, -0.2) is 21.8 Å². The number of benzene rings is 1. The minimum Gasteiger partial charge on any atom is -0.326 e. The number of carbonyl (C=O) groups excluding carboxylic acids is 2.